The van der Waals surface area contributed by atoms with Gasteiger partial charge < -0.3 is 88.9 Å². The van der Waals surface area contributed by atoms with Crippen molar-refractivity contribution in [3.8, 4) is 0 Å². The Hall–Kier alpha value is -1.70. The number of hydrogen-bond donors (Lipinski definition) is 9. The largest absolute Gasteiger partial charge is 0.459 e. The third-order valence-electron chi connectivity index (χ3n) is 14.1. The number of carbonyl (C=O) groups is 1. The summed E-state index contributed by atoms with van der Waals surface area (Å²) in [5.41, 5.74) is -5.05. The van der Waals surface area contributed by atoms with E-state index in [4.69, 9.17) is 37.9 Å². The first-order chi connectivity index (χ1) is 29.2. The molecule has 63 heavy (non-hydrogen) atoms. The lowest BCUT2D eigenvalue weighted by Gasteiger charge is -2.50. The third kappa shape index (κ3) is 11.5. The van der Waals surface area contributed by atoms with E-state index < -0.39 is 151 Å². The summed E-state index contributed by atoms with van der Waals surface area (Å²) in [5.74, 6) is -4.76. The molecule has 4 rings (SSSR count). The molecule has 0 bridgehead atoms. The van der Waals surface area contributed by atoms with E-state index in [1.165, 1.54) is 21.0 Å². The second-order valence-corrected chi connectivity index (χ2v) is 19.4. The fourth-order valence-corrected chi connectivity index (χ4v) is 10.1. The molecule has 4 aliphatic rings. The van der Waals surface area contributed by atoms with Gasteiger partial charge in [-0.25, -0.2) is 0 Å². The second-order valence-electron chi connectivity index (χ2n) is 19.4. The van der Waals surface area contributed by atoms with Gasteiger partial charge in [0.1, 0.15) is 48.3 Å². The number of aliphatic hydroxyl groups is 8. The molecule has 0 aromatic carbocycles. The van der Waals surface area contributed by atoms with Crippen molar-refractivity contribution in [1.29, 1.82) is 0 Å². The van der Waals surface area contributed by atoms with E-state index in [1.54, 1.807) is 62.6 Å². The first-order valence-corrected chi connectivity index (χ1v) is 22.2. The maximum absolute atomic E-state index is 14.4. The predicted octanol–water partition coefficient (Wildman–Crippen LogP) is -0.129. The maximum Gasteiger partial charge on any atom is 0.311 e. The molecule has 0 radical (unpaired) electrons. The molecule has 0 spiro atoms. The molecule has 23 atom stereocenters. The number of rotatable bonds is 10. The Morgan fingerprint density at radius 2 is 1.44 bits per heavy atom. The van der Waals surface area contributed by atoms with Crippen LogP contribution < -0.4 is 0 Å². The van der Waals surface area contributed by atoms with Gasteiger partial charge in [0.2, 0.25) is 0 Å². The zero-order valence-corrected chi connectivity index (χ0v) is 39.2. The molecular weight excluding hydrogens is 832 g/mol. The molecule has 0 aliphatic carbocycles. The van der Waals surface area contributed by atoms with E-state index in [1.807, 2.05) is 11.8 Å². The molecule has 4 saturated heterocycles. The lowest BCUT2D eigenvalue weighted by molar-refractivity contribution is -0.362. The van der Waals surface area contributed by atoms with Gasteiger partial charge in [0.15, 0.2) is 18.9 Å². The molecule has 4 fully saturated rings. The highest BCUT2D eigenvalue weighted by atomic mass is 16.8. The van der Waals surface area contributed by atoms with E-state index in [0.717, 1.165) is 0 Å². The van der Waals surface area contributed by atoms with Crippen LogP contribution in [0.25, 0.3) is 0 Å². The average Bonchev–Trinajstić information content (AvgIpc) is 3.22. The third-order valence-corrected chi connectivity index (χ3v) is 14.1. The van der Waals surface area contributed by atoms with Gasteiger partial charge in [-0.2, -0.15) is 0 Å². The number of carbonyl (C=O) groups excluding carboxylic acids is 1. The van der Waals surface area contributed by atoms with Crippen LogP contribution in [-0.2, 0) is 42.7 Å². The lowest BCUT2D eigenvalue weighted by atomic mass is 9.73. The molecule has 4 aliphatic heterocycles. The average molecular weight is 911 g/mol. The van der Waals surface area contributed by atoms with Crippen LogP contribution in [0.1, 0.15) is 94.9 Å². The summed E-state index contributed by atoms with van der Waals surface area (Å²) in [7, 11) is 5.05. The van der Waals surface area contributed by atoms with Crippen LogP contribution in [-0.4, -0.2) is 205 Å². The van der Waals surface area contributed by atoms with E-state index in [0.29, 0.717) is 6.42 Å². The molecule has 0 aromatic rings. The number of esters is 1. The summed E-state index contributed by atoms with van der Waals surface area (Å²) in [6, 6.07) is -0.505. The lowest BCUT2D eigenvalue weighted by Crippen LogP contribution is -2.64. The summed E-state index contributed by atoms with van der Waals surface area (Å²) in [4.78, 5) is 16.3. The van der Waals surface area contributed by atoms with Gasteiger partial charge in [-0.15, -0.1) is 0 Å². The molecule has 0 saturated carbocycles. The number of aliphatic hydroxyl groups excluding tert-OH is 6. The van der Waals surface area contributed by atoms with Crippen LogP contribution in [0.3, 0.4) is 0 Å². The molecule has 0 amide bonds. The molecule has 9 N–H and O–H groups in total. The SMILES string of the molecule is CC[C@H]1OC(=O)[C@H](C)[C@@H](O[C@H]2C[C@@](C)(OC)[C@@H](O)[C@H](C)O2)[C@H](C)[C@@H](O[C@@H]2O[C@H](C)C[C@H](N(C)C)[C@H]2O[C@@H]2O[C@H](CO)[C@@H](O)[C@H](O)[C@H]2O)[C@@](C)(O)C[C@@H](C)/C(=N\O)[C@H](C)[C@@H](O)[C@]1(C)O. The summed E-state index contributed by atoms with van der Waals surface area (Å²) >= 11 is 0. The summed E-state index contributed by atoms with van der Waals surface area (Å²) in [6.07, 6.45) is -19.0. The highest BCUT2D eigenvalue weighted by molar-refractivity contribution is 5.88. The van der Waals surface area contributed by atoms with Crippen molar-refractivity contribution in [3.63, 3.8) is 0 Å². The summed E-state index contributed by atoms with van der Waals surface area (Å²) < 4.78 is 50.2. The molecular formula is C43H78N2O18. The van der Waals surface area contributed by atoms with Crippen LogP contribution in [0.2, 0.25) is 0 Å². The Morgan fingerprint density at radius 3 is 2.00 bits per heavy atom. The normalized spacial score (nSPS) is 50.6. The number of methoxy groups -OCH3 is 1. The number of hydrogen-bond acceptors (Lipinski definition) is 20. The monoisotopic (exact) mass is 911 g/mol. The zero-order valence-electron chi connectivity index (χ0n) is 39.2. The first-order valence-electron chi connectivity index (χ1n) is 22.2. The molecule has 20 nitrogen and oxygen atoms in total. The van der Waals surface area contributed by atoms with E-state index in [9.17, 15) is 50.9 Å². The highest BCUT2D eigenvalue weighted by Gasteiger charge is 2.55. The van der Waals surface area contributed by atoms with Gasteiger partial charge in [0.05, 0.1) is 60.0 Å². The number of ether oxygens (including phenoxy) is 8. The summed E-state index contributed by atoms with van der Waals surface area (Å²) in [6.45, 7) is 15.5. The van der Waals surface area contributed by atoms with E-state index in [-0.39, 0.29) is 25.0 Å². The Kier molecular flexibility index (Phi) is 18.4. The van der Waals surface area contributed by atoms with Crippen LogP contribution in [0, 0.1) is 23.7 Å². The fraction of sp³-hybridized carbons (Fsp3) is 0.953. The standard InChI is InChI=1S/C43H78N2O18/c1-14-27-43(10,54)35(50)21(4)29(44-55)19(2)16-41(8,53)37(22(5)33(23(6)38(52)60-27)61-28-17-42(9,56-13)36(51)24(7)58-28)63-40-34(25(45(11)12)15-20(3)57-40)62-39-32(49)31(48)30(47)26(18-46)59-39/h19-28,30-37,39-40,46-51,53-55H,14-18H2,1-13H3/b44-29+/t19-,20-,21+,22+,23-,24+,25+,26-,27-,28+,30-,31+,32-,33+,34-,35-,36+,37-,39+,40+,41+,42-,43-/m1/s1. The van der Waals surface area contributed by atoms with Gasteiger partial charge in [0.25, 0.3) is 0 Å². The minimum atomic E-state index is -2.04. The highest BCUT2D eigenvalue weighted by Crippen LogP contribution is 2.42. The van der Waals surface area contributed by atoms with Crippen LogP contribution >= 0.6 is 0 Å². The van der Waals surface area contributed by atoms with Crippen molar-refractivity contribution < 1.29 is 88.7 Å². The second kappa shape index (κ2) is 21.5. The van der Waals surface area contributed by atoms with Crippen LogP contribution in [0.15, 0.2) is 5.16 Å². The van der Waals surface area contributed by atoms with Crippen LogP contribution in [0.5, 0.6) is 0 Å². The minimum absolute atomic E-state index is 0.0222. The Balaban J connectivity index is 1.90. The number of likely N-dealkylation sites (N-methyl/N-ethyl adjacent to an activating group) is 1. The molecule has 0 aromatic heterocycles. The van der Waals surface area contributed by atoms with Crippen LogP contribution in [0.4, 0.5) is 0 Å². The molecule has 0 unspecified atom stereocenters. The van der Waals surface area contributed by atoms with Gasteiger partial charge in [-0.3, -0.25) is 4.79 Å². The zero-order chi connectivity index (χ0) is 47.7. The van der Waals surface area contributed by atoms with Crippen molar-refractivity contribution in [3.05, 3.63) is 0 Å². The smallest absolute Gasteiger partial charge is 0.311 e. The maximum atomic E-state index is 14.4. The van der Waals surface area contributed by atoms with Crippen molar-refractivity contribution in [2.75, 3.05) is 27.8 Å². The van der Waals surface area contributed by atoms with Crippen molar-refractivity contribution in [2.24, 2.45) is 28.8 Å². The Labute approximate surface area is 371 Å². The Bertz CT molecular complexity index is 1500. The van der Waals surface area contributed by atoms with E-state index in [2.05, 4.69) is 5.16 Å². The first kappa shape index (κ1) is 53.9. The van der Waals surface area contributed by atoms with E-state index >= 15 is 0 Å². The van der Waals surface area contributed by atoms with Gasteiger partial charge in [0, 0.05) is 37.3 Å². The molecule has 20 heteroatoms. The number of nitrogens with zero attached hydrogens (tertiary/aromatic N) is 2. The molecule has 4 heterocycles. The topological polar surface area (TPSA) is 289 Å². The minimum Gasteiger partial charge on any atom is -0.459 e. The Morgan fingerprint density at radius 1 is 0.810 bits per heavy atom. The van der Waals surface area contributed by atoms with Gasteiger partial charge in [-0.05, 0) is 74.9 Å². The quantitative estimate of drug-likeness (QED) is 0.0784. The van der Waals surface area contributed by atoms with Crippen molar-refractivity contribution >= 4 is 11.7 Å². The summed E-state index contributed by atoms with van der Waals surface area (Å²) in [5, 5.41) is 103. The number of oxime groups is 1. The predicted molar refractivity (Wildman–Crippen MR) is 223 cm³/mol. The fourth-order valence-electron chi connectivity index (χ4n) is 10.1. The van der Waals surface area contributed by atoms with Gasteiger partial charge >= 0.3 is 5.97 Å². The van der Waals surface area contributed by atoms with Gasteiger partial charge in [-0.1, -0.05) is 32.9 Å². The van der Waals surface area contributed by atoms with Crippen molar-refractivity contribution in [2.45, 2.75) is 210 Å². The molecule has 368 valence electrons. The number of cyclic esters (lactones) is 1. The van der Waals surface area contributed by atoms with Crippen molar-refractivity contribution in [1.82, 2.24) is 4.90 Å².